The summed E-state index contributed by atoms with van der Waals surface area (Å²) in [6.07, 6.45) is 6.76. The molecule has 0 radical (unpaired) electrons. The van der Waals surface area contributed by atoms with E-state index < -0.39 is 0 Å². The van der Waals surface area contributed by atoms with Gasteiger partial charge < -0.3 is 10.5 Å². The van der Waals surface area contributed by atoms with Crippen LogP contribution in [0, 0.1) is 0 Å². The van der Waals surface area contributed by atoms with Gasteiger partial charge in [0.2, 0.25) is 0 Å². The van der Waals surface area contributed by atoms with Gasteiger partial charge in [-0.15, -0.1) is 0 Å². The van der Waals surface area contributed by atoms with Gasteiger partial charge in [0.15, 0.2) is 0 Å². The van der Waals surface area contributed by atoms with Gasteiger partial charge in [0, 0.05) is 16.9 Å². The van der Waals surface area contributed by atoms with Crippen LogP contribution in [0.15, 0.2) is 35.3 Å². The highest BCUT2D eigenvalue weighted by atomic mass is 79.9. The van der Waals surface area contributed by atoms with Crippen LogP contribution in [0.3, 0.4) is 0 Å². The number of ether oxygens (including phenoxy) is 1. The number of hydrogen-bond acceptors (Lipinski definition) is 4. The number of anilines is 1. The number of nitrogens with zero attached hydrogens (tertiary/aromatic N) is 3. The molecule has 84 valence electrons. The van der Waals surface area contributed by atoms with Crippen LogP contribution in [-0.4, -0.2) is 21.4 Å². The Kier molecular flexibility index (Phi) is 3.40. The largest absolute Gasteiger partial charge is 0.490 e. The van der Waals surface area contributed by atoms with Crippen molar-refractivity contribution in [2.75, 3.05) is 12.3 Å². The third kappa shape index (κ3) is 2.96. The first-order valence-corrected chi connectivity index (χ1v) is 5.54. The Bertz CT molecular complexity index is 471. The number of nitrogens with two attached hydrogens (primary N) is 1. The topological polar surface area (TPSA) is 66.0 Å². The van der Waals surface area contributed by atoms with E-state index in [1.54, 1.807) is 29.5 Å². The van der Waals surface area contributed by atoms with E-state index in [2.05, 4.69) is 26.0 Å². The first-order chi connectivity index (χ1) is 7.74. The highest BCUT2D eigenvalue weighted by Crippen LogP contribution is 2.15. The lowest BCUT2D eigenvalue weighted by Gasteiger charge is -2.05. The van der Waals surface area contributed by atoms with E-state index in [0.717, 1.165) is 10.2 Å². The first kappa shape index (κ1) is 10.9. The van der Waals surface area contributed by atoms with Gasteiger partial charge in [0.25, 0.3) is 0 Å². The molecule has 6 heteroatoms. The van der Waals surface area contributed by atoms with Crippen LogP contribution < -0.4 is 10.5 Å². The van der Waals surface area contributed by atoms with Crippen molar-refractivity contribution in [1.82, 2.24) is 14.8 Å². The second-order valence-electron chi connectivity index (χ2n) is 3.22. The standard InChI is InChI=1S/C10H11BrN4O/c11-8-3-10(6-13-4-8)16-2-1-15-7-9(12)5-14-15/h3-7H,1-2,12H2. The lowest BCUT2D eigenvalue weighted by Crippen LogP contribution is -2.08. The molecule has 0 fully saturated rings. The van der Waals surface area contributed by atoms with Gasteiger partial charge >= 0.3 is 0 Å². The molecule has 0 aromatic carbocycles. The molecular weight excluding hydrogens is 272 g/mol. The minimum absolute atomic E-state index is 0.527. The SMILES string of the molecule is Nc1cnn(CCOc2cncc(Br)c2)c1. The Morgan fingerprint density at radius 1 is 1.38 bits per heavy atom. The fraction of sp³-hybridized carbons (Fsp3) is 0.200. The van der Waals surface area contributed by atoms with Crippen LogP contribution >= 0.6 is 15.9 Å². The summed E-state index contributed by atoms with van der Waals surface area (Å²) in [7, 11) is 0. The number of rotatable bonds is 4. The van der Waals surface area contributed by atoms with Gasteiger partial charge in [-0.1, -0.05) is 0 Å². The van der Waals surface area contributed by atoms with Crippen molar-refractivity contribution >= 4 is 21.6 Å². The lowest BCUT2D eigenvalue weighted by atomic mass is 10.5. The summed E-state index contributed by atoms with van der Waals surface area (Å²) in [5.41, 5.74) is 6.20. The van der Waals surface area contributed by atoms with E-state index in [-0.39, 0.29) is 0 Å². The van der Waals surface area contributed by atoms with Crippen LogP contribution in [0.5, 0.6) is 5.75 Å². The van der Waals surface area contributed by atoms with Crippen LogP contribution in [0.1, 0.15) is 0 Å². The monoisotopic (exact) mass is 282 g/mol. The molecule has 0 bridgehead atoms. The van der Waals surface area contributed by atoms with Crippen molar-refractivity contribution in [3.05, 3.63) is 35.3 Å². The third-order valence-electron chi connectivity index (χ3n) is 1.92. The zero-order valence-electron chi connectivity index (χ0n) is 8.51. The van der Waals surface area contributed by atoms with Gasteiger partial charge in [-0.25, -0.2) is 0 Å². The van der Waals surface area contributed by atoms with Gasteiger partial charge in [0.05, 0.1) is 24.6 Å². The molecule has 0 saturated carbocycles. The highest BCUT2D eigenvalue weighted by Gasteiger charge is 1.97. The maximum atomic E-state index is 5.54. The molecule has 0 amide bonds. The smallest absolute Gasteiger partial charge is 0.138 e. The van der Waals surface area contributed by atoms with Gasteiger partial charge in [-0.05, 0) is 22.0 Å². The van der Waals surface area contributed by atoms with Crippen LogP contribution in [0.25, 0.3) is 0 Å². The second-order valence-corrected chi connectivity index (χ2v) is 4.14. The molecule has 2 N–H and O–H groups in total. The Morgan fingerprint density at radius 2 is 2.25 bits per heavy atom. The van der Waals surface area contributed by atoms with E-state index in [1.807, 2.05) is 6.07 Å². The number of halogens is 1. The van der Waals surface area contributed by atoms with E-state index >= 15 is 0 Å². The summed E-state index contributed by atoms with van der Waals surface area (Å²) in [5, 5.41) is 4.05. The average molecular weight is 283 g/mol. The van der Waals surface area contributed by atoms with Crippen molar-refractivity contribution < 1.29 is 4.74 Å². The van der Waals surface area contributed by atoms with Crippen molar-refractivity contribution in [1.29, 1.82) is 0 Å². The Labute approximate surface area is 101 Å². The molecule has 5 nitrogen and oxygen atoms in total. The fourth-order valence-corrected chi connectivity index (χ4v) is 1.57. The van der Waals surface area contributed by atoms with E-state index in [9.17, 15) is 0 Å². The summed E-state index contributed by atoms with van der Waals surface area (Å²) in [5.74, 6) is 0.731. The second kappa shape index (κ2) is 4.98. The molecule has 0 spiro atoms. The van der Waals surface area contributed by atoms with E-state index in [4.69, 9.17) is 10.5 Å². The lowest BCUT2D eigenvalue weighted by molar-refractivity contribution is 0.290. The summed E-state index contributed by atoms with van der Waals surface area (Å²) in [4.78, 5) is 4.00. The Hall–Kier alpha value is -1.56. The van der Waals surface area contributed by atoms with Crippen molar-refractivity contribution in [3.63, 3.8) is 0 Å². The van der Waals surface area contributed by atoms with Crippen LogP contribution in [0.4, 0.5) is 5.69 Å². The molecule has 2 rings (SSSR count). The zero-order chi connectivity index (χ0) is 11.4. The molecule has 0 saturated heterocycles. The number of nitrogen functional groups attached to an aromatic ring is 1. The summed E-state index contributed by atoms with van der Waals surface area (Å²) >= 11 is 3.33. The normalized spacial score (nSPS) is 10.3. The van der Waals surface area contributed by atoms with Crippen molar-refractivity contribution in [2.24, 2.45) is 0 Å². The minimum atomic E-state index is 0.527. The molecule has 2 aromatic rings. The molecule has 0 aliphatic rings. The molecule has 0 aliphatic carbocycles. The van der Waals surface area contributed by atoms with E-state index in [1.165, 1.54) is 0 Å². The Morgan fingerprint density at radius 3 is 2.94 bits per heavy atom. The molecule has 0 atom stereocenters. The van der Waals surface area contributed by atoms with Gasteiger partial charge in [-0.3, -0.25) is 9.67 Å². The number of aromatic nitrogens is 3. The van der Waals surface area contributed by atoms with Crippen molar-refractivity contribution in [2.45, 2.75) is 6.54 Å². The minimum Gasteiger partial charge on any atom is -0.490 e. The summed E-state index contributed by atoms with van der Waals surface area (Å²) < 4.78 is 8.14. The zero-order valence-corrected chi connectivity index (χ0v) is 10.1. The maximum Gasteiger partial charge on any atom is 0.138 e. The van der Waals surface area contributed by atoms with Crippen molar-refractivity contribution in [3.8, 4) is 5.75 Å². The maximum absolute atomic E-state index is 5.54. The first-order valence-electron chi connectivity index (χ1n) is 4.75. The predicted octanol–water partition coefficient (Wildman–Crippen LogP) is 1.70. The fourth-order valence-electron chi connectivity index (χ4n) is 1.23. The Balaban J connectivity index is 1.84. The molecule has 2 heterocycles. The molecule has 0 aliphatic heterocycles. The van der Waals surface area contributed by atoms with Crippen LogP contribution in [0.2, 0.25) is 0 Å². The number of hydrogen-bond donors (Lipinski definition) is 1. The molecular formula is C10H11BrN4O. The van der Waals surface area contributed by atoms with E-state index in [0.29, 0.717) is 18.8 Å². The highest BCUT2D eigenvalue weighted by molar-refractivity contribution is 9.10. The summed E-state index contributed by atoms with van der Waals surface area (Å²) in [6, 6.07) is 1.87. The molecule has 0 unspecified atom stereocenters. The average Bonchev–Trinajstić information content (AvgIpc) is 2.64. The van der Waals surface area contributed by atoms with Gasteiger partial charge in [-0.2, -0.15) is 5.10 Å². The molecule has 16 heavy (non-hydrogen) atoms. The summed E-state index contributed by atoms with van der Waals surface area (Å²) in [6.45, 7) is 1.18. The van der Waals surface area contributed by atoms with Crippen LogP contribution in [-0.2, 0) is 6.54 Å². The number of pyridine rings is 1. The third-order valence-corrected chi connectivity index (χ3v) is 2.36. The van der Waals surface area contributed by atoms with Gasteiger partial charge in [0.1, 0.15) is 12.4 Å². The molecule has 2 aromatic heterocycles. The quantitative estimate of drug-likeness (QED) is 0.927. The predicted molar refractivity (Wildman–Crippen MR) is 64.1 cm³/mol.